The molecular formula is C20H24NO5S2-. The number of rotatable bonds is 11. The number of unbranched alkanes of at least 4 members (excludes halogenated alkanes) is 2. The molecule has 1 aliphatic rings. The highest BCUT2D eigenvalue weighted by atomic mass is 32.2. The van der Waals surface area contributed by atoms with Crippen molar-refractivity contribution in [3.8, 4) is 11.5 Å². The summed E-state index contributed by atoms with van der Waals surface area (Å²) in [6.07, 6.45) is 4.68. The molecule has 6 nitrogen and oxygen atoms in total. The number of amides is 1. The summed E-state index contributed by atoms with van der Waals surface area (Å²) in [5.41, 5.74) is 0.829. The molecule has 1 aromatic rings. The van der Waals surface area contributed by atoms with Crippen LogP contribution in [0.5, 0.6) is 11.5 Å². The first kappa shape index (κ1) is 22.2. The Labute approximate surface area is 174 Å². The number of carbonyl (C=O) groups excluding carboxylic acids is 2. The summed E-state index contributed by atoms with van der Waals surface area (Å²) < 4.78 is 11.5. The number of carboxylic acid groups (broad SMARTS) is 1. The summed E-state index contributed by atoms with van der Waals surface area (Å²) in [7, 11) is 1.58. The molecule has 0 atom stereocenters. The van der Waals surface area contributed by atoms with Gasteiger partial charge in [0.1, 0.15) is 4.32 Å². The van der Waals surface area contributed by atoms with Gasteiger partial charge in [-0.25, -0.2) is 0 Å². The number of hydrogen-bond donors (Lipinski definition) is 0. The highest BCUT2D eigenvalue weighted by molar-refractivity contribution is 8.26. The molecule has 8 heteroatoms. The van der Waals surface area contributed by atoms with Crippen LogP contribution in [-0.4, -0.2) is 41.4 Å². The molecule has 0 aliphatic carbocycles. The van der Waals surface area contributed by atoms with E-state index >= 15 is 0 Å². The smallest absolute Gasteiger partial charge is 0.266 e. The summed E-state index contributed by atoms with van der Waals surface area (Å²) in [5.74, 6) is 0.117. The van der Waals surface area contributed by atoms with Crippen LogP contribution in [0.2, 0.25) is 0 Å². The van der Waals surface area contributed by atoms with E-state index in [0.717, 1.165) is 12.0 Å². The Morgan fingerprint density at radius 3 is 2.75 bits per heavy atom. The second-order valence-electron chi connectivity index (χ2n) is 6.27. The highest BCUT2D eigenvalue weighted by Crippen LogP contribution is 2.35. The zero-order chi connectivity index (χ0) is 20.5. The van der Waals surface area contributed by atoms with Crippen molar-refractivity contribution in [2.75, 3.05) is 20.3 Å². The Kier molecular flexibility index (Phi) is 8.79. The number of methoxy groups -OCH3 is 1. The zero-order valence-corrected chi connectivity index (χ0v) is 17.7. The van der Waals surface area contributed by atoms with Crippen molar-refractivity contribution in [1.29, 1.82) is 0 Å². The van der Waals surface area contributed by atoms with Gasteiger partial charge in [0.15, 0.2) is 11.5 Å². The number of benzene rings is 1. The molecular weight excluding hydrogens is 398 g/mol. The van der Waals surface area contributed by atoms with Gasteiger partial charge < -0.3 is 19.4 Å². The van der Waals surface area contributed by atoms with Crippen LogP contribution in [0.4, 0.5) is 0 Å². The third-order valence-corrected chi connectivity index (χ3v) is 5.46. The number of hydrogen-bond acceptors (Lipinski definition) is 7. The van der Waals surface area contributed by atoms with Crippen LogP contribution in [0.3, 0.4) is 0 Å². The van der Waals surface area contributed by atoms with Crippen molar-refractivity contribution in [3.63, 3.8) is 0 Å². The molecule has 1 aromatic carbocycles. The molecule has 0 bridgehead atoms. The summed E-state index contributed by atoms with van der Waals surface area (Å²) in [6, 6.07) is 5.54. The highest BCUT2D eigenvalue weighted by Gasteiger charge is 2.31. The van der Waals surface area contributed by atoms with Crippen LogP contribution in [0.25, 0.3) is 6.08 Å². The van der Waals surface area contributed by atoms with E-state index in [9.17, 15) is 14.7 Å². The Morgan fingerprint density at radius 2 is 2.07 bits per heavy atom. The molecule has 28 heavy (non-hydrogen) atoms. The predicted molar refractivity (Wildman–Crippen MR) is 112 cm³/mol. The fourth-order valence-electron chi connectivity index (χ4n) is 2.67. The Balaban J connectivity index is 2.01. The van der Waals surface area contributed by atoms with Gasteiger partial charge in [-0.05, 0) is 49.5 Å². The lowest BCUT2D eigenvalue weighted by molar-refractivity contribution is -0.305. The summed E-state index contributed by atoms with van der Waals surface area (Å²) in [6.45, 7) is 3.13. The fraction of sp³-hybridized carbons (Fsp3) is 0.450. The van der Waals surface area contributed by atoms with E-state index in [1.807, 2.05) is 25.1 Å². The maximum absolute atomic E-state index is 12.6. The van der Waals surface area contributed by atoms with Crippen LogP contribution in [-0.2, 0) is 9.59 Å². The second-order valence-corrected chi connectivity index (χ2v) is 7.95. The number of carbonyl (C=O) groups is 2. The molecule has 1 amide bonds. The number of ether oxygens (including phenoxy) is 2. The van der Waals surface area contributed by atoms with Gasteiger partial charge in [-0.2, -0.15) is 0 Å². The minimum absolute atomic E-state index is 0.0398. The standard InChI is InChI=1S/C20H25NO5S2/c1-3-11-26-15-9-8-14(12-16(15)25-2)13-17-19(24)21(20(27)28-17)10-6-4-5-7-18(22)23/h8-9,12-13H,3-7,10-11H2,1-2H3,(H,22,23)/p-1/b17-13-. The van der Waals surface area contributed by atoms with E-state index in [0.29, 0.717) is 53.1 Å². The van der Waals surface area contributed by atoms with Crippen LogP contribution in [0.1, 0.15) is 44.6 Å². The predicted octanol–water partition coefficient (Wildman–Crippen LogP) is 3.00. The lowest BCUT2D eigenvalue weighted by Gasteiger charge is -2.14. The molecule has 1 fully saturated rings. The normalized spacial score (nSPS) is 15.4. The van der Waals surface area contributed by atoms with E-state index < -0.39 is 5.97 Å². The molecule has 1 aliphatic heterocycles. The lowest BCUT2D eigenvalue weighted by atomic mass is 10.1. The van der Waals surface area contributed by atoms with Crippen molar-refractivity contribution in [2.24, 2.45) is 0 Å². The molecule has 152 valence electrons. The lowest BCUT2D eigenvalue weighted by Crippen LogP contribution is -2.29. The van der Waals surface area contributed by atoms with Crippen molar-refractivity contribution in [1.82, 2.24) is 4.90 Å². The monoisotopic (exact) mass is 422 g/mol. The van der Waals surface area contributed by atoms with Crippen molar-refractivity contribution < 1.29 is 24.2 Å². The largest absolute Gasteiger partial charge is 0.550 e. The number of thioether (sulfide) groups is 1. The minimum atomic E-state index is -1.05. The zero-order valence-electron chi connectivity index (χ0n) is 16.1. The van der Waals surface area contributed by atoms with Crippen LogP contribution < -0.4 is 14.6 Å². The molecule has 0 saturated carbocycles. The van der Waals surface area contributed by atoms with Gasteiger partial charge in [0, 0.05) is 12.5 Å². The molecule has 1 saturated heterocycles. The number of thiocarbonyl (C=S) groups is 1. The van der Waals surface area contributed by atoms with Crippen LogP contribution in [0.15, 0.2) is 23.1 Å². The quantitative estimate of drug-likeness (QED) is 0.308. The van der Waals surface area contributed by atoms with Gasteiger partial charge in [0.25, 0.3) is 5.91 Å². The van der Waals surface area contributed by atoms with Gasteiger partial charge in [-0.15, -0.1) is 0 Å². The molecule has 0 spiro atoms. The van der Waals surface area contributed by atoms with E-state index in [2.05, 4.69) is 0 Å². The van der Waals surface area contributed by atoms with E-state index in [1.54, 1.807) is 18.1 Å². The number of aliphatic carboxylic acids is 1. The maximum atomic E-state index is 12.6. The number of carboxylic acids is 1. The third-order valence-electron chi connectivity index (χ3n) is 4.08. The first-order valence-electron chi connectivity index (χ1n) is 9.22. The van der Waals surface area contributed by atoms with Crippen LogP contribution in [0, 0.1) is 0 Å². The Bertz CT molecular complexity index is 763. The average molecular weight is 423 g/mol. The molecule has 0 N–H and O–H groups in total. The number of nitrogens with zero attached hydrogens (tertiary/aromatic N) is 1. The van der Waals surface area contributed by atoms with Gasteiger partial charge in [-0.3, -0.25) is 9.69 Å². The Hall–Kier alpha value is -2.06. The second kappa shape index (κ2) is 11.1. The van der Waals surface area contributed by atoms with Crippen molar-refractivity contribution in [2.45, 2.75) is 39.0 Å². The van der Waals surface area contributed by atoms with Crippen molar-refractivity contribution >= 4 is 46.3 Å². The molecule has 2 rings (SSSR count). The first-order valence-corrected chi connectivity index (χ1v) is 10.4. The van der Waals surface area contributed by atoms with Gasteiger partial charge in [0.2, 0.25) is 0 Å². The van der Waals surface area contributed by atoms with Crippen LogP contribution >= 0.6 is 24.0 Å². The molecule has 1 heterocycles. The van der Waals surface area contributed by atoms with E-state index in [1.165, 1.54) is 11.8 Å². The topological polar surface area (TPSA) is 78.9 Å². The van der Waals surface area contributed by atoms with Gasteiger partial charge >= 0.3 is 0 Å². The van der Waals surface area contributed by atoms with E-state index in [-0.39, 0.29) is 12.3 Å². The van der Waals surface area contributed by atoms with Crippen molar-refractivity contribution in [3.05, 3.63) is 28.7 Å². The van der Waals surface area contributed by atoms with Gasteiger partial charge in [-0.1, -0.05) is 43.4 Å². The summed E-state index contributed by atoms with van der Waals surface area (Å²) in [4.78, 5) is 25.2. The Morgan fingerprint density at radius 1 is 1.29 bits per heavy atom. The minimum Gasteiger partial charge on any atom is -0.550 e. The maximum Gasteiger partial charge on any atom is 0.266 e. The van der Waals surface area contributed by atoms with E-state index in [4.69, 9.17) is 21.7 Å². The SMILES string of the molecule is CCCOc1ccc(/C=C2\SC(=S)N(CCCCCC(=O)[O-])C2=O)cc1OC. The molecule has 0 radical (unpaired) electrons. The molecule has 0 aromatic heterocycles. The first-order chi connectivity index (χ1) is 13.5. The third kappa shape index (κ3) is 6.24. The average Bonchev–Trinajstić information content (AvgIpc) is 2.93. The summed E-state index contributed by atoms with van der Waals surface area (Å²) in [5, 5.41) is 10.4. The summed E-state index contributed by atoms with van der Waals surface area (Å²) >= 11 is 6.60. The van der Waals surface area contributed by atoms with Gasteiger partial charge in [0.05, 0.1) is 18.6 Å². The fourth-order valence-corrected chi connectivity index (χ4v) is 3.97. The molecule has 0 unspecified atom stereocenters.